The Morgan fingerprint density at radius 3 is 2.75 bits per heavy atom. The van der Waals surface area contributed by atoms with Crippen molar-refractivity contribution in [3.05, 3.63) is 23.8 Å². The number of aliphatic hydroxyl groups is 1. The first-order valence-corrected chi connectivity index (χ1v) is 9.32. The first-order valence-electron chi connectivity index (χ1n) is 9.32. The molecule has 0 aromatic heterocycles. The third-order valence-electron chi connectivity index (χ3n) is 6.94. The van der Waals surface area contributed by atoms with Gasteiger partial charge >= 0.3 is 5.97 Å². The van der Waals surface area contributed by atoms with Gasteiger partial charge in [0.25, 0.3) is 0 Å². The lowest BCUT2D eigenvalue weighted by molar-refractivity contribution is -0.168. The monoisotopic (exact) mass is 334 g/mol. The molecule has 0 bridgehead atoms. The fourth-order valence-electron chi connectivity index (χ4n) is 5.59. The molecule has 0 heterocycles. The Morgan fingerprint density at radius 1 is 1.42 bits per heavy atom. The Balaban J connectivity index is 2.27. The summed E-state index contributed by atoms with van der Waals surface area (Å²) in [6, 6.07) is 0. The minimum Gasteiger partial charge on any atom is -0.469 e. The smallest absolute Gasteiger partial charge is 0.311 e. The second-order valence-corrected chi connectivity index (χ2v) is 8.34. The second kappa shape index (κ2) is 7.43. The Morgan fingerprint density at radius 2 is 2.12 bits per heavy atom. The molecule has 136 valence electrons. The molecule has 2 aliphatic rings. The maximum Gasteiger partial charge on any atom is 0.311 e. The molecule has 1 N–H and O–H groups in total. The highest BCUT2D eigenvalue weighted by molar-refractivity contribution is 5.77. The van der Waals surface area contributed by atoms with Gasteiger partial charge in [0.2, 0.25) is 0 Å². The van der Waals surface area contributed by atoms with Crippen LogP contribution in [0, 0.1) is 22.7 Å². The quantitative estimate of drug-likeness (QED) is 0.587. The van der Waals surface area contributed by atoms with Crippen LogP contribution in [-0.4, -0.2) is 24.8 Å². The topological polar surface area (TPSA) is 46.5 Å². The summed E-state index contributed by atoms with van der Waals surface area (Å²) in [5.74, 6) is 0.771. The molecule has 2 fully saturated rings. The van der Waals surface area contributed by atoms with E-state index in [0.717, 1.165) is 44.9 Å². The van der Waals surface area contributed by atoms with Crippen LogP contribution in [0.15, 0.2) is 23.8 Å². The summed E-state index contributed by atoms with van der Waals surface area (Å²) in [6.45, 7) is 11.1. The van der Waals surface area contributed by atoms with Crippen molar-refractivity contribution in [2.24, 2.45) is 22.7 Å². The molecule has 0 radical (unpaired) electrons. The maximum absolute atomic E-state index is 12.5. The zero-order chi connectivity index (χ0) is 18.0. The van der Waals surface area contributed by atoms with E-state index in [4.69, 9.17) is 9.84 Å². The van der Waals surface area contributed by atoms with Crippen molar-refractivity contribution in [1.29, 1.82) is 0 Å². The molecular weight excluding hydrogens is 300 g/mol. The number of aliphatic hydroxyl groups excluding tert-OH is 1. The molecule has 0 spiro atoms. The molecule has 1 unspecified atom stereocenters. The van der Waals surface area contributed by atoms with E-state index in [1.165, 1.54) is 18.3 Å². The normalized spacial score (nSPS) is 37.0. The second-order valence-electron chi connectivity index (χ2n) is 8.34. The van der Waals surface area contributed by atoms with Crippen molar-refractivity contribution in [2.45, 2.75) is 65.7 Å². The first-order chi connectivity index (χ1) is 11.3. The number of carbonyl (C=O) groups excluding carboxylic acids is 1. The molecule has 0 aliphatic heterocycles. The highest BCUT2D eigenvalue weighted by Crippen LogP contribution is 2.62. The van der Waals surface area contributed by atoms with E-state index in [0.29, 0.717) is 11.8 Å². The van der Waals surface area contributed by atoms with Gasteiger partial charge in [-0.3, -0.25) is 4.79 Å². The summed E-state index contributed by atoms with van der Waals surface area (Å²) in [5, 5.41) is 9.08. The number of ether oxygens (including phenoxy) is 1. The fraction of sp³-hybridized carbons (Fsp3) is 0.762. The van der Waals surface area contributed by atoms with E-state index in [1.54, 1.807) is 0 Å². The minimum absolute atomic E-state index is 0.0407. The largest absolute Gasteiger partial charge is 0.469 e. The van der Waals surface area contributed by atoms with Crippen molar-refractivity contribution in [3.8, 4) is 0 Å². The van der Waals surface area contributed by atoms with E-state index in [2.05, 4.69) is 27.4 Å². The summed E-state index contributed by atoms with van der Waals surface area (Å²) in [5.41, 5.74) is 2.34. The van der Waals surface area contributed by atoms with Gasteiger partial charge in [-0.25, -0.2) is 0 Å². The molecule has 0 aromatic carbocycles. The van der Waals surface area contributed by atoms with Gasteiger partial charge < -0.3 is 9.84 Å². The van der Waals surface area contributed by atoms with Crippen molar-refractivity contribution < 1.29 is 14.6 Å². The number of allylic oxidation sites excluding steroid dienone is 2. The van der Waals surface area contributed by atoms with Crippen LogP contribution in [0.2, 0.25) is 0 Å². The summed E-state index contributed by atoms with van der Waals surface area (Å²) in [7, 11) is 1.52. The third kappa shape index (κ3) is 3.33. The minimum atomic E-state index is -0.364. The molecular formula is C21H34O3. The van der Waals surface area contributed by atoms with Crippen LogP contribution in [0.25, 0.3) is 0 Å². The zero-order valence-corrected chi connectivity index (χ0v) is 15.9. The third-order valence-corrected chi connectivity index (χ3v) is 6.94. The number of esters is 1. The van der Waals surface area contributed by atoms with Crippen LogP contribution in [0.3, 0.4) is 0 Å². The van der Waals surface area contributed by atoms with E-state index in [9.17, 15) is 4.79 Å². The molecule has 2 saturated carbocycles. The molecule has 24 heavy (non-hydrogen) atoms. The van der Waals surface area contributed by atoms with Crippen molar-refractivity contribution in [1.82, 2.24) is 0 Å². The predicted octanol–water partition coefficient (Wildman–Crippen LogP) is 4.66. The average Bonchev–Trinajstić information content (AvgIpc) is 2.53. The summed E-state index contributed by atoms with van der Waals surface area (Å²) in [6.07, 6.45) is 9.17. The molecule has 4 atom stereocenters. The Labute approximate surface area is 147 Å². The van der Waals surface area contributed by atoms with Gasteiger partial charge in [0.05, 0.1) is 19.1 Å². The number of rotatable bonds is 5. The van der Waals surface area contributed by atoms with Crippen LogP contribution in [0.1, 0.15) is 65.7 Å². The van der Waals surface area contributed by atoms with Crippen LogP contribution in [0.4, 0.5) is 0 Å². The molecule has 0 aromatic rings. The highest BCUT2D eigenvalue weighted by Gasteiger charge is 2.57. The van der Waals surface area contributed by atoms with Gasteiger partial charge in [0.15, 0.2) is 0 Å². The molecule has 2 rings (SSSR count). The van der Waals surface area contributed by atoms with Crippen LogP contribution < -0.4 is 0 Å². The van der Waals surface area contributed by atoms with Crippen LogP contribution in [-0.2, 0) is 9.53 Å². The van der Waals surface area contributed by atoms with E-state index in [-0.39, 0.29) is 23.4 Å². The Hall–Kier alpha value is -1.09. The standard InChI is InChI=1S/C21H34O3/c1-15(11-14-22)7-9-17-16(2)8-10-18-20(17,3)12-6-13-21(18,4)19(23)24-5/h11,17-18,22H,2,6-10,12-14H2,1,3-5H3/b15-11-/t17-,18?,20+,21-/m0/s1. The fourth-order valence-corrected chi connectivity index (χ4v) is 5.59. The lowest BCUT2D eigenvalue weighted by Gasteiger charge is -2.57. The van der Waals surface area contributed by atoms with Gasteiger partial charge in [-0.05, 0) is 69.6 Å². The predicted molar refractivity (Wildman–Crippen MR) is 97.5 cm³/mol. The molecule has 2 aliphatic carbocycles. The maximum atomic E-state index is 12.5. The average molecular weight is 335 g/mol. The van der Waals surface area contributed by atoms with Gasteiger partial charge in [-0.1, -0.05) is 37.1 Å². The van der Waals surface area contributed by atoms with Crippen molar-refractivity contribution in [2.75, 3.05) is 13.7 Å². The number of fused-ring (bicyclic) bond motifs is 1. The number of methoxy groups -OCH3 is 1. The zero-order valence-electron chi connectivity index (χ0n) is 15.9. The first kappa shape index (κ1) is 19.2. The summed E-state index contributed by atoms with van der Waals surface area (Å²) >= 11 is 0. The summed E-state index contributed by atoms with van der Waals surface area (Å²) < 4.78 is 5.18. The lowest BCUT2D eigenvalue weighted by atomic mass is 9.46. The van der Waals surface area contributed by atoms with Gasteiger partial charge in [-0.15, -0.1) is 0 Å². The Bertz CT molecular complexity index is 521. The van der Waals surface area contributed by atoms with Crippen molar-refractivity contribution in [3.63, 3.8) is 0 Å². The highest BCUT2D eigenvalue weighted by atomic mass is 16.5. The van der Waals surface area contributed by atoms with Gasteiger partial charge in [0, 0.05) is 0 Å². The van der Waals surface area contributed by atoms with Crippen molar-refractivity contribution >= 4 is 5.97 Å². The van der Waals surface area contributed by atoms with E-state index < -0.39 is 0 Å². The molecule has 3 nitrogen and oxygen atoms in total. The van der Waals surface area contributed by atoms with Crippen LogP contribution in [0.5, 0.6) is 0 Å². The lowest BCUT2D eigenvalue weighted by Crippen LogP contribution is -2.53. The van der Waals surface area contributed by atoms with E-state index in [1.807, 2.05) is 6.08 Å². The number of carbonyl (C=O) groups is 1. The number of hydrogen-bond donors (Lipinski definition) is 1. The molecule has 3 heteroatoms. The molecule has 0 amide bonds. The Kier molecular flexibility index (Phi) is 5.95. The van der Waals surface area contributed by atoms with Gasteiger partial charge in [-0.2, -0.15) is 0 Å². The molecule has 0 saturated heterocycles. The van der Waals surface area contributed by atoms with Crippen LogP contribution >= 0.6 is 0 Å². The number of hydrogen-bond acceptors (Lipinski definition) is 3. The summed E-state index contributed by atoms with van der Waals surface area (Å²) in [4.78, 5) is 12.5. The van der Waals surface area contributed by atoms with E-state index >= 15 is 0 Å². The SMILES string of the molecule is C=C1CCC2[C@](C)(CCC[C@]2(C)C(=O)OC)[C@H]1CC/C(C)=C\CO. The van der Waals surface area contributed by atoms with Gasteiger partial charge in [0.1, 0.15) is 0 Å².